The topological polar surface area (TPSA) is 56.2 Å². The standard InChI is InChI=1S/C40H67N3O3/c1-36(2)31-11-14-39(5)32(37(31,3)13-12-33(36)44)9-8-30-34-29(28-6-7-28)10-15-40(34,17-16-38(30,39)4)35(45)43-22-20-41(21-23-43)18-19-42-24-26-46-27-25-42/h28-34,44H,6-27H2,1-5H3/t29-,30+,31-,32+,33-,34+,37-,38+,39+,40-/m0/s1. The average molecular weight is 638 g/mol. The van der Waals surface area contributed by atoms with Crippen LogP contribution in [0.4, 0.5) is 0 Å². The first kappa shape index (κ1) is 32.5. The zero-order chi connectivity index (χ0) is 32.1. The van der Waals surface area contributed by atoms with E-state index in [0.717, 1.165) is 103 Å². The van der Waals surface area contributed by atoms with Gasteiger partial charge in [-0.25, -0.2) is 0 Å². The van der Waals surface area contributed by atoms with Gasteiger partial charge in [-0.15, -0.1) is 0 Å². The third-order valence-electron chi connectivity index (χ3n) is 17.6. The third-order valence-corrected chi connectivity index (χ3v) is 17.6. The van der Waals surface area contributed by atoms with Crippen molar-refractivity contribution >= 4 is 5.91 Å². The highest BCUT2D eigenvalue weighted by Gasteiger charge is 2.72. The van der Waals surface area contributed by atoms with Crippen molar-refractivity contribution in [3.63, 3.8) is 0 Å². The van der Waals surface area contributed by atoms with Crippen LogP contribution in [0.5, 0.6) is 0 Å². The van der Waals surface area contributed by atoms with Gasteiger partial charge in [-0.2, -0.15) is 0 Å². The minimum absolute atomic E-state index is 0.00920. The predicted molar refractivity (Wildman–Crippen MR) is 183 cm³/mol. The molecule has 8 rings (SSSR count). The molecule has 2 aliphatic heterocycles. The number of morpholine rings is 1. The minimum Gasteiger partial charge on any atom is -0.393 e. The summed E-state index contributed by atoms with van der Waals surface area (Å²) in [5.41, 5.74) is 0.872. The molecule has 46 heavy (non-hydrogen) atoms. The van der Waals surface area contributed by atoms with E-state index < -0.39 is 0 Å². The number of hydrogen-bond donors (Lipinski definition) is 1. The van der Waals surface area contributed by atoms with Gasteiger partial charge in [-0.3, -0.25) is 14.6 Å². The lowest BCUT2D eigenvalue weighted by Crippen LogP contribution is -2.67. The van der Waals surface area contributed by atoms with Crippen LogP contribution in [0.1, 0.15) is 112 Å². The summed E-state index contributed by atoms with van der Waals surface area (Å²) in [5.74, 6) is 4.88. The second-order valence-electron chi connectivity index (χ2n) is 19.4. The summed E-state index contributed by atoms with van der Waals surface area (Å²) in [6.07, 6.45) is 14.9. The Kier molecular flexibility index (Phi) is 8.07. The maximum absolute atomic E-state index is 15.0. The number of fused-ring (bicyclic) bond motifs is 7. The maximum Gasteiger partial charge on any atom is 0.229 e. The molecule has 6 saturated carbocycles. The van der Waals surface area contributed by atoms with E-state index in [9.17, 15) is 5.11 Å². The molecule has 8 fully saturated rings. The van der Waals surface area contributed by atoms with Crippen molar-refractivity contribution in [2.24, 2.45) is 62.6 Å². The molecule has 2 saturated heterocycles. The lowest BCUT2D eigenvalue weighted by atomic mass is 9.32. The van der Waals surface area contributed by atoms with Gasteiger partial charge in [0, 0.05) is 52.4 Å². The Morgan fingerprint density at radius 2 is 1.39 bits per heavy atom. The molecule has 1 N–H and O–H groups in total. The smallest absolute Gasteiger partial charge is 0.229 e. The molecular formula is C40H67N3O3. The predicted octanol–water partition coefficient (Wildman–Crippen LogP) is 6.32. The van der Waals surface area contributed by atoms with Crippen LogP contribution >= 0.6 is 0 Å². The van der Waals surface area contributed by atoms with Crippen LogP contribution < -0.4 is 0 Å². The van der Waals surface area contributed by atoms with Crippen LogP contribution in [0, 0.1) is 62.6 Å². The first-order valence-corrected chi connectivity index (χ1v) is 19.9. The molecule has 0 aromatic carbocycles. The number of nitrogens with zero attached hydrogens (tertiary/aromatic N) is 3. The van der Waals surface area contributed by atoms with Gasteiger partial charge in [0.25, 0.3) is 0 Å². The van der Waals surface area contributed by atoms with Crippen molar-refractivity contribution in [2.75, 3.05) is 65.6 Å². The van der Waals surface area contributed by atoms with Crippen LogP contribution in [0.25, 0.3) is 0 Å². The largest absolute Gasteiger partial charge is 0.393 e. The third kappa shape index (κ3) is 4.71. The molecule has 6 heteroatoms. The van der Waals surface area contributed by atoms with Gasteiger partial charge in [0.15, 0.2) is 0 Å². The highest BCUT2D eigenvalue weighted by Crippen LogP contribution is 2.78. The normalized spacial score (nSPS) is 49.5. The number of hydrogen-bond acceptors (Lipinski definition) is 5. The Morgan fingerprint density at radius 1 is 0.696 bits per heavy atom. The summed E-state index contributed by atoms with van der Waals surface area (Å²) >= 11 is 0. The summed E-state index contributed by atoms with van der Waals surface area (Å²) < 4.78 is 5.55. The summed E-state index contributed by atoms with van der Waals surface area (Å²) in [6, 6.07) is 0. The van der Waals surface area contributed by atoms with Crippen molar-refractivity contribution in [1.29, 1.82) is 0 Å². The number of ether oxygens (including phenoxy) is 1. The first-order valence-electron chi connectivity index (χ1n) is 19.9. The van der Waals surface area contributed by atoms with E-state index in [4.69, 9.17) is 4.74 Å². The maximum atomic E-state index is 15.0. The van der Waals surface area contributed by atoms with Gasteiger partial charge in [-0.05, 0) is 134 Å². The van der Waals surface area contributed by atoms with Gasteiger partial charge in [0.1, 0.15) is 0 Å². The fourth-order valence-electron chi connectivity index (χ4n) is 14.7. The highest BCUT2D eigenvalue weighted by atomic mass is 16.5. The van der Waals surface area contributed by atoms with Crippen molar-refractivity contribution in [3.05, 3.63) is 0 Å². The number of piperazine rings is 1. The van der Waals surface area contributed by atoms with Gasteiger partial charge in [0.2, 0.25) is 5.91 Å². The molecule has 260 valence electrons. The molecule has 0 spiro atoms. The minimum atomic E-state index is -0.160. The van der Waals surface area contributed by atoms with E-state index >= 15 is 4.79 Å². The number of rotatable bonds is 5. The Balaban J connectivity index is 1.02. The van der Waals surface area contributed by atoms with Gasteiger partial charge >= 0.3 is 0 Å². The van der Waals surface area contributed by atoms with E-state index in [1.807, 2.05) is 0 Å². The van der Waals surface area contributed by atoms with Crippen molar-refractivity contribution < 1.29 is 14.6 Å². The number of aliphatic hydroxyl groups is 1. The first-order chi connectivity index (χ1) is 21.9. The molecule has 0 aromatic rings. The highest BCUT2D eigenvalue weighted by molar-refractivity contribution is 5.84. The van der Waals surface area contributed by atoms with E-state index in [2.05, 4.69) is 49.3 Å². The molecule has 8 aliphatic rings. The van der Waals surface area contributed by atoms with Crippen LogP contribution in [0.15, 0.2) is 0 Å². The Labute approximate surface area is 280 Å². The van der Waals surface area contributed by atoms with E-state index in [-0.39, 0.29) is 16.9 Å². The zero-order valence-electron chi connectivity index (χ0n) is 30.2. The fraction of sp³-hybridized carbons (Fsp3) is 0.975. The number of aliphatic hydroxyl groups excluding tert-OH is 1. The Hall–Kier alpha value is -0.690. The number of amides is 1. The summed E-state index contributed by atoms with van der Waals surface area (Å²) in [6.45, 7) is 22.9. The van der Waals surface area contributed by atoms with Crippen LogP contribution in [-0.2, 0) is 9.53 Å². The van der Waals surface area contributed by atoms with Crippen molar-refractivity contribution in [2.45, 2.75) is 118 Å². The SMILES string of the molecule is CC1(C)[C@@H](O)CC[C@]2(C)[C@H]3CC[C@@H]4[C@H]5[C@H](C6CC6)CC[C@]5(C(=O)N5CCN(CCN6CCOCC6)CC5)CC[C@@]4(C)[C@]3(C)CC[C@@H]12. The summed E-state index contributed by atoms with van der Waals surface area (Å²) in [5, 5.41) is 11.1. The van der Waals surface area contributed by atoms with Gasteiger partial charge < -0.3 is 14.7 Å². The Bertz CT molecular complexity index is 1160. The van der Waals surface area contributed by atoms with Crippen LogP contribution in [0.2, 0.25) is 0 Å². The van der Waals surface area contributed by atoms with E-state index in [0.29, 0.717) is 39.9 Å². The van der Waals surface area contributed by atoms with Crippen molar-refractivity contribution in [1.82, 2.24) is 14.7 Å². The number of carbonyl (C=O) groups excluding carboxylic acids is 1. The fourth-order valence-corrected chi connectivity index (χ4v) is 14.7. The van der Waals surface area contributed by atoms with E-state index in [1.54, 1.807) is 0 Å². The molecule has 6 nitrogen and oxygen atoms in total. The molecule has 1 amide bonds. The quantitative estimate of drug-likeness (QED) is 0.383. The average Bonchev–Trinajstić information content (AvgIpc) is 3.82. The molecule has 0 unspecified atom stereocenters. The second kappa shape index (κ2) is 11.4. The van der Waals surface area contributed by atoms with Crippen LogP contribution in [0.3, 0.4) is 0 Å². The number of carbonyl (C=O) groups is 1. The molecule has 0 aromatic heterocycles. The van der Waals surface area contributed by atoms with Gasteiger partial charge in [0.05, 0.1) is 24.7 Å². The summed E-state index contributed by atoms with van der Waals surface area (Å²) in [7, 11) is 0. The lowest BCUT2D eigenvalue weighted by molar-refractivity contribution is -0.248. The molecule has 0 bridgehead atoms. The van der Waals surface area contributed by atoms with E-state index in [1.165, 1.54) is 57.8 Å². The van der Waals surface area contributed by atoms with Gasteiger partial charge in [-0.1, -0.05) is 34.6 Å². The zero-order valence-corrected chi connectivity index (χ0v) is 30.2. The second-order valence-corrected chi connectivity index (χ2v) is 19.4. The molecule has 10 atom stereocenters. The Morgan fingerprint density at radius 3 is 2.09 bits per heavy atom. The summed E-state index contributed by atoms with van der Waals surface area (Å²) in [4.78, 5) is 22.5. The van der Waals surface area contributed by atoms with Crippen molar-refractivity contribution in [3.8, 4) is 0 Å². The molecule has 0 radical (unpaired) electrons. The van der Waals surface area contributed by atoms with Crippen LogP contribution in [-0.4, -0.2) is 97.4 Å². The molecule has 2 heterocycles. The molecule has 6 aliphatic carbocycles. The molecular weight excluding hydrogens is 570 g/mol. The monoisotopic (exact) mass is 638 g/mol. The lowest BCUT2D eigenvalue weighted by Gasteiger charge is -2.73.